The Kier molecular flexibility index (Phi) is 6.85. The standard InChI is InChI=1S/C16H22FNO3/c1-4-21-16(20)14(9-11(2)3)18-15(19)10-12-7-5-6-8-13(12)17/h5-8,11,14H,4,9-10H2,1-3H3,(H,18,19)/t14-/m0/s1. The largest absolute Gasteiger partial charge is 0.464 e. The first-order valence-electron chi connectivity index (χ1n) is 7.13. The molecule has 0 radical (unpaired) electrons. The van der Waals surface area contributed by atoms with Crippen LogP contribution in [-0.2, 0) is 20.7 Å². The van der Waals surface area contributed by atoms with Crippen molar-refractivity contribution >= 4 is 11.9 Å². The van der Waals surface area contributed by atoms with E-state index in [4.69, 9.17) is 4.74 Å². The fraction of sp³-hybridized carbons (Fsp3) is 0.500. The Labute approximate surface area is 124 Å². The number of ether oxygens (including phenoxy) is 1. The van der Waals surface area contributed by atoms with Crippen LogP contribution in [0.1, 0.15) is 32.8 Å². The van der Waals surface area contributed by atoms with Crippen molar-refractivity contribution in [3.63, 3.8) is 0 Å². The summed E-state index contributed by atoms with van der Waals surface area (Å²) in [5, 5.41) is 2.63. The van der Waals surface area contributed by atoms with Crippen molar-refractivity contribution in [3.05, 3.63) is 35.6 Å². The van der Waals surface area contributed by atoms with E-state index in [1.807, 2.05) is 13.8 Å². The number of rotatable bonds is 7. The van der Waals surface area contributed by atoms with E-state index < -0.39 is 17.8 Å². The van der Waals surface area contributed by atoms with Crippen LogP contribution in [0.15, 0.2) is 24.3 Å². The van der Waals surface area contributed by atoms with Crippen molar-refractivity contribution in [2.75, 3.05) is 6.61 Å². The second kappa shape index (κ2) is 8.39. The zero-order valence-corrected chi connectivity index (χ0v) is 12.7. The summed E-state index contributed by atoms with van der Waals surface area (Å²) in [6.07, 6.45) is 0.391. The minimum atomic E-state index is -0.691. The average Bonchev–Trinajstić information content (AvgIpc) is 2.40. The summed E-state index contributed by atoms with van der Waals surface area (Å²) in [6.45, 7) is 5.88. The van der Waals surface area contributed by atoms with Crippen LogP contribution in [0.2, 0.25) is 0 Å². The summed E-state index contributed by atoms with van der Waals surface area (Å²) in [6, 6.07) is 5.40. The lowest BCUT2D eigenvalue weighted by atomic mass is 10.0. The number of halogens is 1. The highest BCUT2D eigenvalue weighted by molar-refractivity contribution is 5.85. The highest BCUT2D eigenvalue weighted by Gasteiger charge is 2.23. The van der Waals surface area contributed by atoms with Crippen molar-refractivity contribution in [1.82, 2.24) is 5.32 Å². The molecule has 0 unspecified atom stereocenters. The van der Waals surface area contributed by atoms with E-state index in [9.17, 15) is 14.0 Å². The fourth-order valence-corrected chi connectivity index (χ4v) is 1.99. The average molecular weight is 295 g/mol. The van der Waals surface area contributed by atoms with Gasteiger partial charge in [-0.25, -0.2) is 9.18 Å². The van der Waals surface area contributed by atoms with E-state index in [1.54, 1.807) is 25.1 Å². The molecule has 1 aromatic carbocycles. The molecular formula is C16H22FNO3. The summed E-state index contributed by atoms with van der Waals surface area (Å²) in [4.78, 5) is 23.8. The first-order chi connectivity index (χ1) is 9.93. The van der Waals surface area contributed by atoms with E-state index in [0.29, 0.717) is 12.0 Å². The van der Waals surface area contributed by atoms with Crippen LogP contribution in [0.3, 0.4) is 0 Å². The highest BCUT2D eigenvalue weighted by atomic mass is 19.1. The second-order valence-electron chi connectivity index (χ2n) is 5.27. The molecule has 0 aliphatic carbocycles. The Balaban J connectivity index is 2.67. The first kappa shape index (κ1) is 17.1. The summed E-state index contributed by atoms with van der Waals surface area (Å²) in [7, 11) is 0. The molecule has 4 nitrogen and oxygen atoms in total. The minimum absolute atomic E-state index is 0.0966. The Morgan fingerprint density at radius 3 is 2.52 bits per heavy atom. The van der Waals surface area contributed by atoms with Gasteiger partial charge in [-0.05, 0) is 30.9 Å². The summed E-state index contributed by atoms with van der Waals surface area (Å²) in [5.41, 5.74) is 0.308. The van der Waals surface area contributed by atoms with E-state index in [0.717, 1.165) is 0 Å². The van der Waals surface area contributed by atoms with Crippen LogP contribution in [0.4, 0.5) is 4.39 Å². The van der Waals surface area contributed by atoms with Gasteiger partial charge in [-0.1, -0.05) is 32.0 Å². The summed E-state index contributed by atoms with van der Waals surface area (Å²) >= 11 is 0. The van der Waals surface area contributed by atoms with Gasteiger partial charge < -0.3 is 10.1 Å². The maximum atomic E-state index is 13.5. The number of hydrogen-bond acceptors (Lipinski definition) is 3. The van der Waals surface area contributed by atoms with E-state index in [1.165, 1.54) is 6.07 Å². The number of carbonyl (C=O) groups excluding carboxylic acids is 2. The van der Waals surface area contributed by atoms with Gasteiger partial charge in [0, 0.05) is 0 Å². The van der Waals surface area contributed by atoms with Crippen molar-refractivity contribution in [1.29, 1.82) is 0 Å². The zero-order valence-electron chi connectivity index (χ0n) is 12.7. The SMILES string of the molecule is CCOC(=O)[C@H](CC(C)C)NC(=O)Cc1ccccc1F. The Morgan fingerprint density at radius 2 is 1.95 bits per heavy atom. The normalized spacial score (nSPS) is 12.0. The molecule has 1 N–H and O–H groups in total. The molecule has 0 saturated carbocycles. The van der Waals surface area contributed by atoms with Gasteiger partial charge >= 0.3 is 5.97 Å². The highest BCUT2D eigenvalue weighted by Crippen LogP contribution is 2.09. The third-order valence-corrected chi connectivity index (χ3v) is 2.92. The van der Waals surface area contributed by atoms with E-state index in [2.05, 4.69) is 5.32 Å². The van der Waals surface area contributed by atoms with Crippen molar-refractivity contribution in [3.8, 4) is 0 Å². The molecule has 1 rings (SSSR count). The van der Waals surface area contributed by atoms with Crippen LogP contribution < -0.4 is 5.32 Å². The maximum Gasteiger partial charge on any atom is 0.328 e. The lowest BCUT2D eigenvalue weighted by Crippen LogP contribution is -2.43. The molecular weight excluding hydrogens is 273 g/mol. The van der Waals surface area contributed by atoms with Gasteiger partial charge in [0.1, 0.15) is 11.9 Å². The van der Waals surface area contributed by atoms with Gasteiger partial charge in [0.05, 0.1) is 13.0 Å². The summed E-state index contributed by atoms with van der Waals surface area (Å²) in [5.74, 6) is -1.04. The molecule has 1 atom stereocenters. The van der Waals surface area contributed by atoms with Crippen LogP contribution in [-0.4, -0.2) is 24.5 Å². The fourth-order valence-electron chi connectivity index (χ4n) is 1.99. The molecule has 21 heavy (non-hydrogen) atoms. The molecule has 0 heterocycles. The molecule has 116 valence electrons. The lowest BCUT2D eigenvalue weighted by molar-refractivity contribution is -0.147. The first-order valence-corrected chi connectivity index (χ1v) is 7.13. The minimum Gasteiger partial charge on any atom is -0.464 e. The number of benzene rings is 1. The number of carbonyl (C=O) groups is 2. The van der Waals surface area contributed by atoms with Gasteiger partial charge in [0.2, 0.25) is 5.91 Å². The van der Waals surface area contributed by atoms with Crippen molar-refractivity contribution in [2.24, 2.45) is 5.92 Å². The molecule has 0 aliphatic heterocycles. The van der Waals surface area contributed by atoms with Gasteiger partial charge in [0.15, 0.2) is 0 Å². The smallest absolute Gasteiger partial charge is 0.328 e. The molecule has 0 fully saturated rings. The topological polar surface area (TPSA) is 55.4 Å². The predicted molar refractivity (Wildman–Crippen MR) is 78.1 cm³/mol. The molecule has 1 aromatic rings. The number of nitrogens with one attached hydrogen (secondary N) is 1. The molecule has 5 heteroatoms. The maximum absolute atomic E-state index is 13.5. The lowest BCUT2D eigenvalue weighted by Gasteiger charge is -2.19. The molecule has 1 amide bonds. The molecule has 0 spiro atoms. The molecule has 0 aromatic heterocycles. The van der Waals surface area contributed by atoms with Crippen molar-refractivity contribution in [2.45, 2.75) is 39.7 Å². The third-order valence-electron chi connectivity index (χ3n) is 2.92. The quantitative estimate of drug-likeness (QED) is 0.786. The number of hydrogen-bond donors (Lipinski definition) is 1. The van der Waals surface area contributed by atoms with Gasteiger partial charge in [-0.15, -0.1) is 0 Å². The monoisotopic (exact) mass is 295 g/mol. The molecule has 0 saturated heterocycles. The van der Waals surface area contributed by atoms with Crippen LogP contribution in [0.5, 0.6) is 0 Å². The van der Waals surface area contributed by atoms with E-state index in [-0.39, 0.29) is 24.9 Å². The Bertz CT molecular complexity index is 488. The predicted octanol–water partition coefficient (Wildman–Crippen LogP) is 2.46. The van der Waals surface area contributed by atoms with Gasteiger partial charge in [-0.3, -0.25) is 4.79 Å². The van der Waals surface area contributed by atoms with Crippen LogP contribution >= 0.6 is 0 Å². The zero-order chi connectivity index (χ0) is 15.8. The van der Waals surface area contributed by atoms with Crippen LogP contribution in [0.25, 0.3) is 0 Å². The van der Waals surface area contributed by atoms with E-state index >= 15 is 0 Å². The van der Waals surface area contributed by atoms with Gasteiger partial charge in [0.25, 0.3) is 0 Å². The summed E-state index contributed by atoms with van der Waals surface area (Å²) < 4.78 is 18.5. The van der Waals surface area contributed by atoms with Gasteiger partial charge in [-0.2, -0.15) is 0 Å². The van der Waals surface area contributed by atoms with Crippen molar-refractivity contribution < 1.29 is 18.7 Å². The number of esters is 1. The molecule has 0 bridgehead atoms. The third kappa shape index (κ3) is 5.94. The van der Waals surface area contributed by atoms with Crippen LogP contribution in [0, 0.1) is 11.7 Å². The molecule has 0 aliphatic rings. The second-order valence-corrected chi connectivity index (χ2v) is 5.27. The Morgan fingerprint density at radius 1 is 1.29 bits per heavy atom. The number of amides is 1. The Hall–Kier alpha value is -1.91.